The second-order valence-corrected chi connectivity index (χ2v) is 4.38. The van der Waals surface area contributed by atoms with Crippen LogP contribution in [0.15, 0.2) is 47.5 Å². The fraction of sp³-hybridized carbons (Fsp3) is 0.0714. The third-order valence-electron chi connectivity index (χ3n) is 3.10. The highest BCUT2D eigenvalue weighted by molar-refractivity contribution is 6.00. The minimum atomic E-state index is -1.06. The first-order valence-electron chi connectivity index (χ1n) is 6.00. The number of H-pyrrole nitrogens is 1. The molecule has 0 amide bonds. The zero-order chi connectivity index (χ0) is 14.1. The molecule has 0 saturated heterocycles. The predicted octanol–water partition coefficient (Wildman–Crippen LogP) is 1.47. The largest absolute Gasteiger partial charge is 0.478 e. The van der Waals surface area contributed by atoms with Gasteiger partial charge in [-0.3, -0.25) is 9.55 Å². The first kappa shape index (κ1) is 12.2. The van der Waals surface area contributed by atoms with Crippen molar-refractivity contribution in [3.05, 3.63) is 64.3 Å². The Hall–Kier alpha value is -2.89. The van der Waals surface area contributed by atoms with Gasteiger partial charge < -0.3 is 10.1 Å². The van der Waals surface area contributed by atoms with E-state index in [9.17, 15) is 9.59 Å². The molecule has 0 spiro atoms. The van der Waals surface area contributed by atoms with Crippen molar-refractivity contribution >= 4 is 17.0 Å². The van der Waals surface area contributed by atoms with Crippen molar-refractivity contribution in [3.63, 3.8) is 0 Å². The average molecular weight is 269 g/mol. The van der Waals surface area contributed by atoms with Gasteiger partial charge in [0.25, 0.3) is 0 Å². The molecule has 100 valence electrons. The Bertz CT molecular complexity index is 834. The van der Waals surface area contributed by atoms with Crippen LogP contribution in [0.25, 0.3) is 11.0 Å². The van der Waals surface area contributed by atoms with Gasteiger partial charge in [0.2, 0.25) is 0 Å². The van der Waals surface area contributed by atoms with Crippen LogP contribution >= 0.6 is 0 Å². The van der Waals surface area contributed by atoms with E-state index in [1.165, 1.54) is 10.6 Å². The summed E-state index contributed by atoms with van der Waals surface area (Å²) < 4.78 is 1.50. The van der Waals surface area contributed by atoms with Crippen molar-refractivity contribution in [1.82, 2.24) is 14.5 Å². The molecule has 20 heavy (non-hydrogen) atoms. The maximum absolute atomic E-state index is 12.0. The van der Waals surface area contributed by atoms with E-state index in [-0.39, 0.29) is 11.3 Å². The number of rotatable bonds is 3. The number of aromatic amines is 1. The number of para-hydroxylation sites is 1. The molecule has 6 heteroatoms. The van der Waals surface area contributed by atoms with Crippen molar-refractivity contribution in [3.8, 4) is 0 Å². The smallest absolute Gasteiger partial charge is 0.337 e. The zero-order valence-electron chi connectivity index (χ0n) is 10.4. The van der Waals surface area contributed by atoms with Gasteiger partial charge in [-0.2, -0.15) is 0 Å². The second-order valence-electron chi connectivity index (χ2n) is 4.38. The van der Waals surface area contributed by atoms with Gasteiger partial charge in [-0.1, -0.05) is 12.1 Å². The zero-order valence-corrected chi connectivity index (χ0v) is 10.4. The summed E-state index contributed by atoms with van der Waals surface area (Å²) in [5.74, 6) is -1.06. The van der Waals surface area contributed by atoms with Crippen molar-refractivity contribution in [2.45, 2.75) is 6.54 Å². The third-order valence-corrected chi connectivity index (χ3v) is 3.10. The maximum Gasteiger partial charge on any atom is 0.337 e. The Labute approximate surface area is 113 Å². The van der Waals surface area contributed by atoms with Gasteiger partial charge in [-0.05, 0) is 23.8 Å². The van der Waals surface area contributed by atoms with Gasteiger partial charge in [0.15, 0.2) is 0 Å². The number of hydrogen-bond donors (Lipinski definition) is 2. The molecule has 6 nitrogen and oxygen atoms in total. The van der Waals surface area contributed by atoms with Gasteiger partial charge in [0, 0.05) is 12.4 Å². The molecule has 0 aliphatic carbocycles. The standard InChI is InChI=1S/C14H11N3O3/c18-13(19)10-4-1-5-11-12(10)16-14(20)17(11)8-9-3-2-6-15-7-9/h1-7H,8H2,(H,16,20)(H,18,19). The minimum absolute atomic E-state index is 0.0875. The molecule has 0 aliphatic rings. The number of pyridine rings is 1. The summed E-state index contributed by atoms with van der Waals surface area (Å²) in [6.45, 7) is 0.343. The van der Waals surface area contributed by atoms with Crippen LogP contribution in [0.3, 0.4) is 0 Å². The monoisotopic (exact) mass is 269 g/mol. The van der Waals surface area contributed by atoms with Crippen LogP contribution in [-0.2, 0) is 6.54 Å². The van der Waals surface area contributed by atoms with Crippen LogP contribution in [0.2, 0.25) is 0 Å². The number of aromatic nitrogens is 3. The molecule has 0 aliphatic heterocycles. The molecule has 0 bridgehead atoms. The lowest BCUT2D eigenvalue weighted by molar-refractivity contribution is 0.0699. The topological polar surface area (TPSA) is 88.0 Å². The van der Waals surface area contributed by atoms with Gasteiger partial charge in [-0.25, -0.2) is 9.59 Å². The number of aromatic carboxylic acids is 1. The van der Waals surface area contributed by atoms with E-state index in [4.69, 9.17) is 5.11 Å². The fourth-order valence-corrected chi connectivity index (χ4v) is 2.19. The van der Waals surface area contributed by atoms with Crippen molar-refractivity contribution < 1.29 is 9.90 Å². The Balaban J connectivity index is 2.17. The Morgan fingerprint density at radius 3 is 2.85 bits per heavy atom. The van der Waals surface area contributed by atoms with Crippen molar-refractivity contribution in [2.24, 2.45) is 0 Å². The summed E-state index contributed by atoms with van der Waals surface area (Å²) >= 11 is 0. The molecule has 3 aromatic rings. The van der Waals surface area contributed by atoms with Gasteiger partial charge in [0.1, 0.15) is 0 Å². The molecule has 0 saturated carbocycles. The number of imidazole rings is 1. The lowest BCUT2D eigenvalue weighted by atomic mass is 10.2. The summed E-state index contributed by atoms with van der Waals surface area (Å²) in [4.78, 5) is 29.8. The number of hydrogen-bond acceptors (Lipinski definition) is 3. The summed E-state index contributed by atoms with van der Waals surface area (Å²) in [6, 6.07) is 8.46. The Morgan fingerprint density at radius 1 is 1.30 bits per heavy atom. The first-order chi connectivity index (χ1) is 9.66. The number of fused-ring (bicyclic) bond motifs is 1. The molecule has 0 unspecified atom stereocenters. The molecule has 0 radical (unpaired) electrons. The number of nitrogens with zero attached hydrogens (tertiary/aromatic N) is 2. The average Bonchev–Trinajstić information content (AvgIpc) is 2.76. The van der Waals surface area contributed by atoms with E-state index in [0.717, 1.165) is 5.56 Å². The van der Waals surface area contributed by atoms with Crippen LogP contribution in [0.4, 0.5) is 0 Å². The molecular formula is C14H11N3O3. The van der Waals surface area contributed by atoms with E-state index < -0.39 is 5.97 Å². The van der Waals surface area contributed by atoms with Crippen LogP contribution in [-0.4, -0.2) is 25.6 Å². The maximum atomic E-state index is 12.0. The van der Waals surface area contributed by atoms with Crippen molar-refractivity contribution in [1.29, 1.82) is 0 Å². The third kappa shape index (κ3) is 1.97. The number of carbonyl (C=O) groups is 1. The summed E-state index contributed by atoms with van der Waals surface area (Å²) in [7, 11) is 0. The Kier molecular flexibility index (Phi) is 2.83. The highest BCUT2D eigenvalue weighted by Crippen LogP contribution is 2.16. The van der Waals surface area contributed by atoms with E-state index in [2.05, 4.69) is 9.97 Å². The fourth-order valence-electron chi connectivity index (χ4n) is 2.19. The number of nitrogens with one attached hydrogen (secondary N) is 1. The molecule has 0 atom stereocenters. The number of carboxylic acids is 1. The number of benzene rings is 1. The normalized spacial score (nSPS) is 10.8. The minimum Gasteiger partial charge on any atom is -0.478 e. The molecule has 2 N–H and O–H groups in total. The van der Waals surface area contributed by atoms with Gasteiger partial charge >= 0.3 is 11.7 Å². The molecule has 2 aromatic heterocycles. The molecule has 1 aromatic carbocycles. The van der Waals surface area contributed by atoms with E-state index >= 15 is 0 Å². The number of carboxylic acid groups (broad SMARTS) is 1. The summed E-state index contributed by atoms with van der Waals surface area (Å²) in [6.07, 6.45) is 3.33. The van der Waals surface area contributed by atoms with E-state index in [1.807, 2.05) is 6.07 Å². The van der Waals surface area contributed by atoms with Crippen LogP contribution in [0.1, 0.15) is 15.9 Å². The van der Waals surface area contributed by atoms with Crippen LogP contribution in [0.5, 0.6) is 0 Å². The Morgan fingerprint density at radius 2 is 2.15 bits per heavy atom. The second kappa shape index (κ2) is 4.65. The van der Waals surface area contributed by atoms with Crippen LogP contribution in [0, 0.1) is 0 Å². The predicted molar refractivity (Wildman–Crippen MR) is 72.9 cm³/mol. The lowest BCUT2D eigenvalue weighted by Crippen LogP contribution is -2.17. The van der Waals surface area contributed by atoms with Gasteiger partial charge in [0.05, 0.1) is 23.1 Å². The molecule has 0 fully saturated rings. The van der Waals surface area contributed by atoms with E-state index in [0.29, 0.717) is 17.6 Å². The molecule has 3 rings (SSSR count). The quantitative estimate of drug-likeness (QED) is 0.753. The SMILES string of the molecule is O=C(O)c1cccc2c1[nH]c(=O)n2Cc1cccnc1. The highest BCUT2D eigenvalue weighted by Gasteiger charge is 2.14. The van der Waals surface area contributed by atoms with Crippen LogP contribution < -0.4 is 5.69 Å². The van der Waals surface area contributed by atoms with E-state index in [1.54, 1.807) is 30.6 Å². The first-order valence-corrected chi connectivity index (χ1v) is 6.00. The van der Waals surface area contributed by atoms with Crippen molar-refractivity contribution in [2.75, 3.05) is 0 Å². The lowest BCUT2D eigenvalue weighted by Gasteiger charge is -2.03. The molecule has 2 heterocycles. The molecular weight excluding hydrogens is 258 g/mol. The summed E-state index contributed by atoms with van der Waals surface area (Å²) in [5.41, 5.74) is 1.53. The van der Waals surface area contributed by atoms with Gasteiger partial charge in [-0.15, -0.1) is 0 Å². The highest BCUT2D eigenvalue weighted by atomic mass is 16.4. The summed E-state index contributed by atoms with van der Waals surface area (Å²) in [5, 5.41) is 9.13.